The van der Waals surface area contributed by atoms with Crippen molar-refractivity contribution in [3.63, 3.8) is 0 Å². The van der Waals surface area contributed by atoms with Crippen molar-refractivity contribution < 1.29 is 4.79 Å². The number of fused-ring (bicyclic) bond motifs is 1. The van der Waals surface area contributed by atoms with Gasteiger partial charge in [0.25, 0.3) is 5.91 Å². The number of thiazole rings is 1. The van der Waals surface area contributed by atoms with Crippen LogP contribution in [0.5, 0.6) is 0 Å². The summed E-state index contributed by atoms with van der Waals surface area (Å²) in [6.45, 7) is 0.743. The second kappa shape index (κ2) is 5.27. The molecule has 5 heteroatoms. The van der Waals surface area contributed by atoms with Crippen LogP contribution in [-0.4, -0.2) is 17.4 Å². The zero-order chi connectivity index (χ0) is 13.2. The molecule has 1 aromatic carbocycles. The fourth-order valence-corrected chi connectivity index (χ4v) is 3.09. The van der Waals surface area contributed by atoms with Gasteiger partial charge in [0.2, 0.25) is 0 Å². The third-order valence-electron chi connectivity index (χ3n) is 3.02. The predicted molar refractivity (Wildman–Crippen MR) is 81.3 cm³/mol. The quantitative estimate of drug-likeness (QED) is 0.787. The van der Waals surface area contributed by atoms with Gasteiger partial charge in [0, 0.05) is 34.4 Å². The second-order valence-electron chi connectivity index (χ2n) is 4.22. The summed E-state index contributed by atoms with van der Waals surface area (Å²) < 4.78 is 1.05. The molecule has 1 aliphatic rings. The Labute approximate surface area is 123 Å². The van der Waals surface area contributed by atoms with Gasteiger partial charge in [-0.15, -0.1) is 11.3 Å². The van der Waals surface area contributed by atoms with E-state index >= 15 is 0 Å². The number of rotatable bonds is 2. The van der Waals surface area contributed by atoms with Gasteiger partial charge >= 0.3 is 0 Å². The Kier molecular flexibility index (Phi) is 3.48. The minimum atomic E-state index is 0.0104. The maximum Gasteiger partial charge on any atom is 0.251 e. The van der Waals surface area contributed by atoms with Crippen LogP contribution in [0.15, 0.2) is 40.3 Å². The number of hydrogen-bond acceptors (Lipinski definition) is 3. The van der Waals surface area contributed by atoms with E-state index in [1.54, 1.807) is 18.3 Å². The first kappa shape index (κ1) is 12.6. The van der Waals surface area contributed by atoms with Crippen molar-refractivity contribution in [2.24, 2.45) is 0 Å². The molecule has 0 fully saturated rings. The summed E-state index contributed by atoms with van der Waals surface area (Å²) in [7, 11) is 0. The number of nitrogens with zero attached hydrogens (tertiary/aromatic N) is 2. The van der Waals surface area contributed by atoms with Gasteiger partial charge in [-0.2, -0.15) is 0 Å². The van der Waals surface area contributed by atoms with Crippen molar-refractivity contribution in [2.45, 2.75) is 6.42 Å². The van der Waals surface area contributed by atoms with E-state index in [4.69, 9.17) is 0 Å². The molecule has 1 aliphatic heterocycles. The van der Waals surface area contributed by atoms with Crippen LogP contribution >= 0.6 is 27.3 Å². The van der Waals surface area contributed by atoms with Crippen molar-refractivity contribution in [1.82, 2.24) is 4.98 Å². The monoisotopic (exact) mass is 334 g/mol. The third-order valence-corrected chi connectivity index (χ3v) is 4.26. The van der Waals surface area contributed by atoms with Crippen LogP contribution < -0.4 is 4.90 Å². The fraction of sp³-hybridized carbons (Fsp3) is 0.143. The van der Waals surface area contributed by atoms with Crippen molar-refractivity contribution in [3.8, 4) is 0 Å². The minimum absolute atomic E-state index is 0.0104. The topological polar surface area (TPSA) is 33.2 Å². The number of halogens is 1. The molecule has 96 valence electrons. The lowest BCUT2D eigenvalue weighted by molar-refractivity contribution is -0.114. The maximum atomic E-state index is 12.2. The zero-order valence-corrected chi connectivity index (χ0v) is 12.4. The van der Waals surface area contributed by atoms with Gasteiger partial charge < -0.3 is 4.90 Å². The van der Waals surface area contributed by atoms with E-state index in [1.807, 2.05) is 22.4 Å². The van der Waals surface area contributed by atoms with Crippen LogP contribution in [0, 0.1) is 0 Å². The molecule has 0 saturated heterocycles. The molecule has 0 radical (unpaired) electrons. The van der Waals surface area contributed by atoms with Crippen LogP contribution in [0.3, 0.4) is 0 Å². The number of aromatic nitrogens is 1. The largest absolute Gasteiger partial charge is 0.308 e. The highest BCUT2D eigenvalue weighted by atomic mass is 79.9. The van der Waals surface area contributed by atoms with Crippen LogP contribution in [-0.2, 0) is 11.2 Å². The van der Waals surface area contributed by atoms with Gasteiger partial charge in [0.05, 0.1) is 0 Å². The molecule has 2 aromatic rings. The van der Waals surface area contributed by atoms with E-state index in [-0.39, 0.29) is 5.91 Å². The number of benzene rings is 1. The first-order valence-electron chi connectivity index (χ1n) is 5.91. The van der Waals surface area contributed by atoms with E-state index in [2.05, 4.69) is 27.0 Å². The number of carbonyl (C=O) groups excluding carboxylic acids is 1. The van der Waals surface area contributed by atoms with Crippen LogP contribution in [0.2, 0.25) is 0 Å². The first-order chi connectivity index (χ1) is 9.24. The summed E-state index contributed by atoms with van der Waals surface area (Å²) in [6.07, 6.45) is 6.00. The molecule has 1 amide bonds. The van der Waals surface area contributed by atoms with Gasteiger partial charge in [-0.1, -0.05) is 15.9 Å². The highest BCUT2D eigenvalue weighted by molar-refractivity contribution is 9.10. The van der Waals surface area contributed by atoms with E-state index in [1.165, 1.54) is 16.9 Å². The lowest BCUT2D eigenvalue weighted by atomic mass is 10.2. The molecular formula is C14H11BrN2OS. The average molecular weight is 335 g/mol. The lowest BCUT2D eigenvalue weighted by Gasteiger charge is -2.14. The molecule has 2 heterocycles. The Morgan fingerprint density at radius 2 is 2.37 bits per heavy atom. The summed E-state index contributed by atoms with van der Waals surface area (Å²) in [5.41, 5.74) is 2.22. The molecule has 0 N–H and O–H groups in total. The molecule has 0 unspecified atom stereocenters. The molecule has 0 atom stereocenters. The van der Waals surface area contributed by atoms with E-state index < -0.39 is 0 Å². The van der Waals surface area contributed by atoms with Crippen molar-refractivity contribution in [3.05, 3.63) is 50.9 Å². The number of hydrogen-bond donors (Lipinski definition) is 0. The van der Waals surface area contributed by atoms with Gasteiger partial charge in [0.15, 0.2) is 0 Å². The van der Waals surface area contributed by atoms with Crippen molar-refractivity contribution in [2.75, 3.05) is 11.4 Å². The molecule has 19 heavy (non-hydrogen) atoms. The highest BCUT2D eigenvalue weighted by Crippen LogP contribution is 2.30. The van der Waals surface area contributed by atoms with Gasteiger partial charge in [-0.05, 0) is 36.3 Å². The fourth-order valence-electron chi connectivity index (χ4n) is 2.15. The van der Waals surface area contributed by atoms with Crippen molar-refractivity contribution in [1.29, 1.82) is 0 Å². The van der Waals surface area contributed by atoms with Crippen LogP contribution in [0.1, 0.15) is 10.6 Å². The molecule has 0 saturated carbocycles. The normalized spacial score (nSPS) is 14.1. The molecule has 0 aliphatic carbocycles. The Bertz CT molecular complexity index is 637. The lowest BCUT2D eigenvalue weighted by Crippen LogP contribution is -2.26. The number of amides is 1. The summed E-state index contributed by atoms with van der Waals surface area (Å²) in [5.74, 6) is 0.0104. The molecule has 3 rings (SSSR count). The second-order valence-corrected chi connectivity index (χ2v) is 6.06. The zero-order valence-electron chi connectivity index (χ0n) is 10.0. The van der Waals surface area contributed by atoms with Gasteiger partial charge in [-0.25, -0.2) is 4.98 Å². The molecule has 3 nitrogen and oxygen atoms in total. The van der Waals surface area contributed by atoms with E-state index in [9.17, 15) is 4.79 Å². The maximum absolute atomic E-state index is 12.2. The number of carbonyl (C=O) groups is 1. The van der Waals surface area contributed by atoms with Gasteiger partial charge in [0.1, 0.15) is 5.01 Å². The average Bonchev–Trinajstić information content (AvgIpc) is 3.04. The van der Waals surface area contributed by atoms with Crippen LogP contribution in [0.25, 0.3) is 6.08 Å². The van der Waals surface area contributed by atoms with E-state index in [0.717, 1.165) is 28.1 Å². The smallest absolute Gasteiger partial charge is 0.251 e. The molecular weight excluding hydrogens is 324 g/mol. The Hall–Kier alpha value is -1.46. The molecule has 0 bridgehead atoms. The Morgan fingerprint density at radius 3 is 3.16 bits per heavy atom. The third kappa shape index (κ3) is 2.62. The van der Waals surface area contributed by atoms with Gasteiger partial charge in [-0.3, -0.25) is 4.79 Å². The number of anilines is 1. The van der Waals surface area contributed by atoms with Crippen LogP contribution in [0.4, 0.5) is 5.69 Å². The summed E-state index contributed by atoms with van der Waals surface area (Å²) >= 11 is 4.97. The Morgan fingerprint density at radius 1 is 1.47 bits per heavy atom. The highest BCUT2D eigenvalue weighted by Gasteiger charge is 2.22. The Balaban J connectivity index is 1.80. The standard InChI is InChI=1S/C14H11BrN2OS/c15-11-1-2-12-10(9-11)5-7-17(12)14(18)4-3-13-16-6-8-19-13/h1-4,6,8-9H,5,7H2/b4-3+. The molecule has 0 spiro atoms. The molecule has 1 aromatic heterocycles. The van der Waals surface area contributed by atoms with E-state index in [0.29, 0.717) is 0 Å². The predicted octanol–water partition coefficient (Wildman–Crippen LogP) is 3.51. The summed E-state index contributed by atoms with van der Waals surface area (Å²) in [5, 5.41) is 2.75. The summed E-state index contributed by atoms with van der Waals surface area (Å²) in [4.78, 5) is 18.1. The minimum Gasteiger partial charge on any atom is -0.308 e. The summed E-state index contributed by atoms with van der Waals surface area (Å²) in [6, 6.07) is 6.03. The SMILES string of the molecule is O=C(/C=C/c1nccs1)N1CCc2cc(Br)ccc21. The first-order valence-corrected chi connectivity index (χ1v) is 7.59. The van der Waals surface area contributed by atoms with Crippen molar-refractivity contribution >= 4 is 44.9 Å².